The molecule has 0 aliphatic carbocycles. The molecule has 0 unspecified atom stereocenters. The van der Waals surface area contributed by atoms with Crippen LogP contribution in [-0.4, -0.2) is 10.9 Å². The van der Waals surface area contributed by atoms with E-state index in [2.05, 4.69) is 10.3 Å². The Bertz CT molecular complexity index is 857. The molecule has 1 amide bonds. The first-order chi connectivity index (χ1) is 10.5. The minimum atomic E-state index is -0.320. The summed E-state index contributed by atoms with van der Waals surface area (Å²) in [6, 6.07) is 11.6. The molecule has 0 aliphatic rings. The molecule has 22 heavy (non-hydrogen) atoms. The zero-order chi connectivity index (χ0) is 15.7. The van der Waals surface area contributed by atoms with Gasteiger partial charge in [-0.1, -0.05) is 23.7 Å². The lowest BCUT2D eigenvalue weighted by Gasteiger charge is -2.07. The number of benzene rings is 2. The van der Waals surface area contributed by atoms with Crippen LogP contribution in [0.1, 0.15) is 11.3 Å². The maximum absolute atomic E-state index is 13.4. The molecule has 0 saturated heterocycles. The summed E-state index contributed by atoms with van der Waals surface area (Å²) in [5.74, 6) is -0.513. The fourth-order valence-electron chi connectivity index (χ4n) is 2.50. The van der Waals surface area contributed by atoms with Crippen LogP contribution in [0.5, 0.6) is 0 Å². The van der Waals surface area contributed by atoms with Crippen molar-refractivity contribution in [1.82, 2.24) is 4.98 Å². The Kier molecular flexibility index (Phi) is 3.86. The Balaban J connectivity index is 1.87. The lowest BCUT2D eigenvalue weighted by molar-refractivity contribution is -0.115. The van der Waals surface area contributed by atoms with Crippen molar-refractivity contribution >= 4 is 34.1 Å². The van der Waals surface area contributed by atoms with Crippen molar-refractivity contribution in [3.63, 3.8) is 0 Å². The summed E-state index contributed by atoms with van der Waals surface area (Å²) in [4.78, 5) is 15.4. The Labute approximate surface area is 132 Å². The number of nitrogens with one attached hydrogen (secondary N) is 2. The highest BCUT2D eigenvalue weighted by Crippen LogP contribution is 2.25. The van der Waals surface area contributed by atoms with Crippen molar-refractivity contribution in [2.75, 3.05) is 5.32 Å². The minimum absolute atomic E-state index is 0.153. The van der Waals surface area contributed by atoms with E-state index in [1.165, 1.54) is 12.1 Å². The Morgan fingerprint density at radius 3 is 2.82 bits per heavy atom. The van der Waals surface area contributed by atoms with E-state index in [4.69, 9.17) is 11.6 Å². The highest BCUT2D eigenvalue weighted by molar-refractivity contribution is 6.33. The fraction of sp³-hybridized carbons (Fsp3) is 0.118. The molecule has 1 aromatic heterocycles. The second-order valence-corrected chi connectivity index (χ2v) is 5.53. The number of fused-ring (bicyclic) bond motifs is 1. The molecule has 5 heteroatoms. The summed E-state index contributed by atoms with van der Waals surface area (Å²) >= 11 is 6.03. The van der Waals surface area contributed by atoms with Crippen LogP contribution < -0.4 is 5.32 Å². The summed E-state index contributed by atoms with van der Waals surface area (Å²) in [7, 11) is 0. The molecule has 2 N–H and O–H groups in total. The number of anilines is 1. The van der Waals surface area contributed by atoms with Crippen LogP contribution in [0.15, 0.2) is 42.5 Å². The zero-order valence-electron chi connectivity index (χ0n) is 11.9. The molecule has 112 valence electrons. The maximum Gasteiger partial charge on any atom is 0.228 e. The van der Waals surface area contributed by atoms with Gasteiger partial charge in [0.15, 0.2) is 0 Å². The minimum Gasteiger partial charge on any atom is -0.358 e. The topological polar surface area (TPSA) is 44.9 Å². The van der Waals surface area contributed by atoms with E-state index in [1.807, 2.05) is 6.92 Å². The van der Waals surface area contributed by atoms with Crippen molar-refractivity contribution in [3.8, 4) is 0 Å². The van der Waals surface area contributed by atoms with E-state index in [-0.39, 0.29) is 18.1 Å². The monoisotopic (exact) mass is 316 g/mol. The second-order valence-electron chi connectivity index (χ2n) is 5.12. The third-order valence-electron chi connectivity index (χ3n) is 3.57. The number of para-hydroxylation sites is 1. The van der Waals surface area contributed by atoms with Crippen molar-refractivity contribution in [2.45, 2.75) is 13.3 Å². The van der Waals surface area contributed by atoms with E-state index in [9.17, 15) is 9.18 Å². The lowest BCUT2D eigenvalue weighted by Crippen LogP contribution is -2.15. The Morgan fingerprint density at radius 2 is 2.05 bits per heavy atom. The highest BCUT2D eigenvalue weighted by atomic mass is 35.5. The van der Waals surface area contributed by atoms with Gasteiger partial charge in [-0.2, -0.15) is 0 Å². The SMILES string of the molecule is Cc1[nH]c2ccc(F)cc2c1CC(=O)Nc1ccccc1Cl. The molecule has 0 fully saturated rings. The molecular weight excluding hydrogens is 303 g/mol. The number of hydrogen-bond donors (Lipinski definition) is 2. The van der Waals surface area contributed by atoms with Gasteiger partial charge < -0.3 is 10.3 Å². The first-order valence-corrected chi connectivity index (χ1v) is 7.23. The van der Waals surface area contributed by atoms with Gasteiger partial charge in [0, 0.05) is 16.6 Å². The first-order valence-electron chi connectivity index (χ1n) is 6.85. The van der Waals surface area contributed by atoms with Gasteiger partial charge in [-0.15, -0.1) is 0 Å². The average molecular weight is 317 g/mol. The molecule has 0 aliphatic heterocycles. The van der Waals surface area contributed by atoms with E-state index in [0.717, 1.165) is 22.2 Å². The van der Waals surface area contributed by atoms with Crippen molar-refractivity contribution in [1.29, 1.82) is 0 Å². The first kappa shape index (κ1) is 14.6. The van der Waals surface area contributed by atoms with Gasteiger partial charge in [0.1, 0.15) is 5.82 Å². The number of aromatic nitrogens is 1. The van der Waals surface area contributed by atoms with Gasteiger partial charge >= 0.3 is 0 Å². The fourth-order valence-corrected chi connectivity index (χ4v) is 2.68. The summed E-state index contributed by atoms with van der Waals surface area (Å²) in [5.41, 5.74) is 3.03. The number of carbonyl (C=O) groups excluding carboxylic acids is 1. The zero-order valence-corrected chi connectivity index (χ0v) is 12.7. The molecule has 0 atom stereocenters. The molecule has 0 spiro atoms. The quantitative estimate of drug-likeness (QED) is 0.736. The van der Waals surface area contributed by atoms with Gasteiger partial charge in [0.2, 0.25) is 5.91 Å². The molecule has 0 radical (unpaired) electrons. The standard InChI is InChI=1S/C17H14ClFN2O/c1-10-12(13-8-11(19)6-7-15(13)20-10)9-17(22)21-16-5-3-2-4-14(16)18/h2-8,20H,9H2,1H3,(H,21,22). The molecule has 3 rings (SSSR count). The number of carbonyl (C=O) groups is 1. The number of halogens is 2. The second kappa shape index (κ2) is 5.81. The molecule has 0 saturated carbocycles. The number of hydrogen-bond acceptors (Lipinski definition) is 1. The number of rotatable bonds is 3. The summed E-state index contributed by atoms with van der Waals surface area (Å²) < 4.78 is 13.4. The Morgan fingerprint density at radius 1 is 1.27 bits per heavy atom. The van der Waals surface area contributed by atoms with Crippen LogP contribution in [0.2, 0.25) is 5.02 Å². The van der Waals surface area contributed by atoms with Crippen LogP contribution in [0.25, 0.3) is 10.9 Å². The molecule has 3 aromatic rings. The normalized spacial score (nSPS) is 10.9. The van der Waals surface area contributed by atoms with E-state index < -0.39 is 0 Å². The smallest absolute Gasteiger partial charge is 0.228 e. The lowest BCUT2D eigenvalue weighted by atomic mass is 10.1. The predicted octanol–water partition coefficient (Wildman–Crippen LogP) is 4.45. The number of aromatic amines is 1. The van der Waals surface area contributed by atoms with Gasteiger partial charge in [0.05, 0.1) is 17.1 Å². The third kappa shape index (κ3) is 2.83. The maximum atomic E-state index is 13.4. The molecule has 3 nitrogen and oxygen atoms in total. The van der Waals surface area contributed by atoms with Crippen molar-refractivity contribution < 1.29 is 9.18 Å². The van der Waals surface area contributed by atoms with E-state index in [1.54, 1.807) is 30.3 Å². The van der Waals surface area contributed by atoms with Crippen LogP contribution in [0, 0.1) is 12.7 Å². The van der Waals surface area contributed by atoms with Crippen LogP contribution in [-0.2, 0) is 11.2 Å². The summed E-state index contributed by atoms with van der Waals surface area (Å²) in [6.45, 7) is 1.87. The summed E-state index contributed by atoms with van der Waals surface area (Å²) in [6.07, 6.45) is 0.153. The van der Waals surface area contributed by atoms with Gasteiger partial charge in [-0.05, 0) is 42.8 Å². The third-order valence-corrected chi connectivity index (χ3v) is 3.90. The molecular formula is C17H14ClFN2O. The van der Waals surface area contributed by atoms with Crippen molar-refractivity contribution in [2.24, 2.45) is 0 Å². The van der Waals surface area contributed by atoms with Gasteiger partial charge in [-0.25, -0.2) is 4.39 Å². The average Bonchev–Trinajstić information content (AvgIpc) is 2.77. The summed E-state index contributed by atoms with van der Waals surface area (Å²) in [5, 5.41) is 3.99. The van der Waals surface area contributed by atoms with E-state index >= 15 is 0 Å². The largest absolute Gasteiger partial charge is 0.358 e. The Hall–Kier alpha value is -2.33. The van der Waals surface area contributed by atoms with Crippen LogP contribution in [0.4, 0.5) is 10.1 Å². The molecule has 2 aromatic carbocycles. The van der Waals surface area contributed by atoms with Crippen LogP contribution >= 0.6 is 11.6 Å². The van der Waals surface area contributed by atoms with Gasteiger partial charge in [-0.3, -0.25) is 4.79 Å². The van der Waals surface area contributed by atoms with Gasteiger partial charge in [0.25, 0.3) is 0 Å². The molecule has 0 bridgehead atoms. The van der Waals surface area contributed by atoms with Crippen molar-refractivity contribution in [3.05, 3.63) is 64.6 Å². The van der Waals surface area contributed by atoms with E-state index in [0.29, 0.717) is 10.7 Å². The molecule has 1 heterocycles. The number of H-pyrrole nitrogens is 1. The highest BCUT2D eigenvalue weighted by Gasteiger charge is 2.14. The predicted molar refractivity (Wildman–Crippen MR) is 86.8 cm³/mol. The number of aryl methyl sites for hydroxylation is 1. The number of amides is 1. The van der Waals surface area contributed by atoms with Crippen LogP contribution in [0.3, 0.4) is 0 Å².